The van der Waals surface area contributed by atoms with Crippen LogP contribution in [-0.2, 0) is 19.4 Å². The summed E-state index contributed by atoms with van der Waals surface area (Å²) >= 11 is 3.17. The van der Waals surface area contributed by atoms with Crippen molar-refractivity contribution in [2.45, 2.75) is 29.4 Å². The lowest BCUT2D eigenvalue weighted by atomic mass is 10.0. The van der Waals surface area contributed by atoms with Crippen LogP contribution in [0.4, 0.5) is 0 Å². The Kier molecular flexibility index (Phi) is 4.29. The summed E-state index contributed by atoms with van der Waals surface area (Å²) in [5, 5.41) is 7.72. The van der Waals surface area contributed by atoms with Crippen LogP contribution in [0.25, 0.3) is 0 Å². The number of carbonyl (C=O) groups is 2. The number of ketones is 1. The van der Waals surface area contributed by atoms with Crippen molar-refractivity contribution in [1.29, 1.82) is 0 Å². The number of rotatable bonds is 4. The van der Waals surface area contributed by atoms with Crippen LogP contribution in [0.15, 0.2) is 33.6 Å². The fourth-order valence-electron chi connectivity index (χ4n) is 2.48. The van der Waals surface area contributed by atoms with Crippen LogP contribution in [0.2, 0.25) is 0 Å². The number of sulfone groups is 1. The maximum Gasteiger partial charge on any atom is 0.322 e. The Morgan fingerprint density at radius 3 is 2.60 bits per heavy atom. The van der Waals surface area contributed by atoms with Gasteiger partial charge in [-0.1, -0.05) is 22.0 Å². The number of carbonyl (C=O) groups excluding carboxylic acids is 1. The number of Topliss-reactive ketones (excluding diaryl/α,β-unsaturated/α-hetero) is 1. The molecule has 0 heterocycles. The number of carboxylic acid groups (broad SMARTS) is 1. The lowest BCUT2D eigenvalue weighted by Gasteiger charge is -2.19. The van der Waals surface area contributed by atoms with Gasteiger partial charge in [-0.2, -0.15) is 0 Å². The van der Waals surface area contributed by atoms with Crippen molar-refractivity contribution in [2.75, 3.05) is 0 Å². The predicted octanol–water partition coefficient (Wildman–Crippen LogP) is 2.05. The van der Waals surface area contributed by atoms with E-state index < -0.39 is 27.0 Å². The molecule has 1 aromatic carbocycles. The molecule has 2 atom stereocenters. The van der Waals surface area contributed by atoms with Crippen LogP contribution in [0.3, 0.4) is 0 Å². The number of hydrogen-bond donors (Lipinski definition) is 1. The van der Waals surface area contributed by atoms with Crippen LogP contribution < -0.4 is 0 Å². The average molecular weight is 361 g/mol. The third kappa shape index (κ3) is 2.93. The van der Waals surface area contributed by atoms with Crippen molar-refractivity contribution in [3.05, 3.63) is 28.7 Å². The average Bonchev–Trinajstić information content (AvgIpc) is 2.74. The fourth-order valence-corrected chi connectivity index (χ4v) is 4.89. The van der Waals surface area contributed by atoms with E-state index in [-0.39, 0.29) is 23.5 Å². The molecule has 1 saturated carbocycles. The zero-order valence-electron chi connectivity index (χ0n) is 10.5. The highest BCUT2D eigenvalue weighted by atomic mass is 79.9. The van der Waals surface area contributed by atoms with Gasteiger partial charge in [0.05, 0.1) is 4.90 Å². The smallest absolute Gasteiger partial charge is 0.322 e. The highest BCUT2D eigenvalue weighted by molar-refractivity contribution is 9.10. The Labute approximate surface area is 125 Å². The van der Waals surface area contributed by atoms with Crippen molar-refractivity contribution in [3.8, 4) is 0 Å². The van der Waals surface area contributed by atoms with E-state index in [0.29, 0.717) is 10.9 Å². The molecular formula is C13H13BrO5S. The van der Waals surface area contributed by atoms with Crippen molar-refractivity contribution in [2.24, 2.45) is 5.92 Å². The third-order valence-electron chi connectivity index (χ3n) is 3.41. The van der Waals surface area contributed by atoms with Gasteiger partial charge >= 0.3 is 5.97 Å². The molecule has 0 saturated heterocycles. The molecule has 1 aromatic rings. The monoisotopic (exact) mass is 360 g/mol. The van der Waals surface area contributed by atoms with Crippen molar-refractivity contribution < 1.29 is 23.1 Å². The summed E-state index contributed by atoms with van der Waals surface area (Å²) in [5.41, 5.74) is 0. The quantitative estimate of drug-likeness (QED) is 0.887. The summed E-state index contributed by atoms with van der Waals surface area (Å²) in [7, 11) is -4.01. The van der Waals surface area contributed by atoms with Gasteiger partial charge in [0, 0.05) is 17.3 Å². The SMILES string of the molecule is O=C1CCC(C(C(=O)O)S(=O)(=O)c2cccc(Br)c2)C1. The van der Waals surface area contributed by atoms with Crippen LogP contribution in [0.1, 0.15) is 19.3 Å². The minimum atomic E-state index is -4.01. The highest BCUT2D eigenvalue weighted by Crippen LogP contribution is 2.33. The molecule has 0 bridgehead atoms. The molecule has 1 aliphatic carbocycles. The molecule has 0 aromatic heterocycles. The zero-order chi connectivity index (χ0) is 14.9. The number of carboxylic acids is 1. The van der Waals surface area contributed by atoms with Gasteiger partial charge in [-0.25, -0.2) is 8.42 Å². The van der Waals surface area contributed by atoms with E-state index in [1.54, 1.807) is 6.07 Å². The summed E-state index contributed by atoms with van der Waals surface area (Å²) in [5.74, 6) is -2.13. The summed E-state index contributed by atoms with van der Waals surface area (Å²) < 4.78 is 25.6. The van der Waals surface area contributed by atoms with E-state index in [9.17, 15) is 23.1 Å². The predicted molar refractivity (Wildman–Crippen MR) is 75.1 cm³/mol. The molecule has 7 heteroatoms. The maximum atomic E-state index is 12.5. The van der Waals surface area contributed by atoms with Crippen LogP contribution in [0.5, 0.6) is 0 Å². The molecule has 2 rings (SSSR count). The second-order valence-corrected chi connectivity index (χ2v) is 7.79. The van der Waals surface area contributed by atoms with Gasteiger partial charge in [-0.3, -0.25) is 9.59 Å². The first kappa shape index (κ1) is 15.2. The molecule has 1 fully saturated rings. The van der Waals surface area contributed by atoms with E-state index in [1.807, 2.05) is 0 Å². The lowest BCUT2D eigenvalue weighted by molar-refractivity contribution is -0.137. The number of aliphatic carboxylic acids is 1. The molecule has 1 N–H and O–H groups in total. The molecule has 0 radical (unpaired) electrons. The lowest BCUT2D eigenvalue weighted by Crippen LogP contribution is -2.36. The number of halogens is 1. The molecule has 2 unspecified atom stereocenters. The van der Waals surface area contributed by atoms with Crippen molar-refractivity contribution in [3.63, 3.8) is 0 Å². The van der Waals surface area contributed by atoms with E-state index in [2.05, 4.69) is 15.9 Å². The molecular weight excluding hydrogens is 348 g/mol. The molecule has 20 heavy (non-hydrogen) atoms. The van der Waals surface area contributed by atoms with Crippen molar-refractivity contribution >= 4 is 37.5 Å². The molecule has 5 nitrogen and oxygen atoms in total. The van der Waals surface area contributed by atoms with Crippen molar-refractivity contribution in [1.82, 2.24) is 0 Å². The van der Waals surface area contributed by atoms with Crippen LogP contribution >= 0.6 is 15.9 Å². The Morgan fingerprint density at radius 1 is 1.40 bits per heavy atom. The Bertz CT molecular complexity index is 652. The van der Waals surface area contributed by atoms with Gasteiger partial charge < -0.3 is 5.11 Å². The molecule has 0 aliphatic heterocycles. The first-order valence-corrected chi connectivity index (χ1v) is 8.40. The largest absolute Gasteiger partial charge is 0.480 e. The van der Waals surface area contributed by atoms with E-state index in [1.165, 1.54) is 18.2 Å². The highest BCUT2D eigenvalue weighted by Gasteiger charge is 2.43. The minimum Gasteiger partial charge on any atom is -0.480 e. The van der Waals surface area contributed by atoms with Crippen LogP contribution in [-0.4, -0.2) is 30.5 Å². The minimum absolute atomic E-state index is 0.0181. The van der Waals surface area contributed by atoms with Gasteiger partial charge in [-0.05, 0) is 30.5 Å². The summed E-state index contributed by atoms with van der Waals surface area (Å²) in [6.07, 6.45) is 0.579. The molecule has 1 aliphatic rings. The van der Waals surface area contributed by atoms with Gasteiger partial charge in [0.1, 0.15) is 5.78 Å². The van der Waals surface area contributed by atoms with Crippen LogP contribution in [0, 0.1) is 5.92 Å². The second-order valence-electron chi connectivity index (χ2n) is 4.80. The Balaban J connectivity index is 2.43. The van der Waals surface area contributed by atoms with E-state index in [0.717, 1.165) is 0 Å². The van der Waals surface area contributed by atoms with Gasteiger partial charge in [-0.15, -0.1) is 0 Å². The van der Waals surface area contributed by atoms with E-state index in [4.69, 9.17) is 0 Å². The molecule has 0 amide bonds. The maximum absolute atomic E-state index is 12.5. The topological polar surface area (TPSA) is 88.5 Å². The Hall–Kier alpha value is -1.21. The third-order valence-corrected chi connectivity index (χ3v) is 6.07. The van der Waals surface area contributed by atoms with Gasteiger partial charge in [0.25, 0.3) is 0 Å². The first-order chi connectivity index (χ1) is 9.32. The van der Waals surface area contributed by atoms with Gasteiger partial charge in [0.15, 0.2) is 15.1 Å². The standard InChI is InChI=1S/C13H13BrO5S/c14-9-2-1-3-11(7-9)20(18,19)12(13(16)17)8-4-5-10(15)6-8/h1-3,7-8,12H,4-6H2,(H,16,17). The summed E-state index contributed by atoms with van der Waals surface area (Å²) in [6, 6.07) is 5.94. The first-order valence-electron chi connectivity index (χ1n) is 6.06. The zero-order valence-corrected chi connectivity index (χ0v) is 12.9. The summed E-state index contributed by atoms with van der Waals surface area (Å²) in [4.78, 5) is 22.7. The van der Waals surface area contributed by atoms with Gasteiger partial charge in [0.2, 0.25) is 0 Å². The number of benzene rings is 1. The fraction of sp³-hybridized carbons (Fsp3) is 0.385. The molecule has 0 spiro atoms. The molecule has 108 valence electrons. The van der Waals surface area contributed by atoms with E-state index >= 15 is 0 Å². The number of hydrogen-bond acceptors (Lipinski definition) is 4. The summed E-state index contributed by atoms with van der Waals surface area (Å²) in [6.45, 7) is 0. The second kappa shape index (κ2) is 5.65. The Morgan fingerprint density at radius 2 is 2.10 bits per heavy atom. The normalized spacial score (nSPS) is 20.9.